The van der Waals surface area contributed by atoms with Gasteiger partial charge in [-0.1, -0.05) is 0 Å². The van der Waals surface area contributed by atoms with Crippen molar-refractivity contribution in [3.63, 3.8) is 0 Å². The van der Waals surface area contributed by atoms with Crippen LogP contribution in [0.5, 0.6) is 0 Å². The SMILES string of the molecule is CCOC1=CC(OCC)(OCC)C2=C(OCC)C(OCC)=C(OCC)CC2=C1. The van der Waals surface area contributed by atoms with Crippen molar-refractivity contribution in [3.05, 3.63) is 46.3 Å². The Morgan fingerprint density at radius 2 is 1.29 bits per heavy atom. The van der Waals surface area contributed by atoms with Crippen LogP contribution in [0.15, 0.2) is 46.3 Å². The van der Waals surface area contributed by atoms with Gasteiger partial charge in [0, 0.05) is 25.7 Å². The Morgan fingerprint density at radius 1 is 0.714 bits per heavy atom. The van der Waals surface area contributed by atoms with E-state index in [1.165, 1.54) is 0 Å². The topological polar surface area (TPSA) is 55.4 Å². The molecular weight excluding hydrogens is 360 g/mol. The highest BCUT2D eigenvalue weighted by Gasteiger charge is 2.46. The first kappa shape index (κ1) is 22.4. The minimum atomic E-state index is -1.09. The van der Waals surface area contributed by atoms with Crippen LogP contribution in [0.3, 0.4) is 0 Å². The number of ether oxygens (including phenoxy) is 6. The van der Waals surface area contributed by atoms with Gasteiger partial charge in [-0.05, 0) is 53.2 Å². The van der Waals surface area contributed by atoms with E-state index >= 15 is 0 Å². The Balaban J connectivity index is 2.74. The number of fused-ring (bicyclic) bond motifs is 1. The van der Waals surface area contributed by atoms with Crippen LogP contribution < -0.4 is 0 Å². The Bertz CT molecular complexity index is 650. The predicted octanol–water partition coefficient (Wildman–Crippen LogP) is 4.60. The van der Waals surface area contributed by atoms with Crippen molar-refractivity contribution in [3.8, 4) is 0 Å². The van der Waals surface area contributed by atoms with E-state index in [4.69, 9.17) is 28.4 Å². The van der Waals surface area contributed by atoms with E-state index in [9.17, 15) is 0 Å². The molecule has 0 aromatic heterocycles. The van der Waals surface area contributed by atoms with E-state index in [-0.39, 0.29) is 0 Å². The fourth-order valence-corrected chi connectivity index (χ4v) is 3.52. The van der Waals surface area contributed by atoms with Gasteiger partial charge in [0.15, 0.2) is 11.5 Å². The molecule has 0 saturated carbocycles. The summed E-state index contributed by atoms with van der Waals surface area (Å²) in [5.74, 6) is 1.61. The van der Waals surface area contributed by atoms with E-state index in [0.717, 1.165) is 22.7 Å². The molecule has 0 bridgehead atoms. The lowest BCUT2D eigenvalue weighted by Crippen LogP contribution is -2.42. The van der Waals surface area contributed by atoms with Gasteiger partial charge in [0.25, 0.3) is 0 Å². The average molecular weight is 395 g/mol. The summed E-state index contributed by atoms with van der Waals surface area (Å²) in [6, 6.07) is 0. The zero-order valence-corrected chi connectivity index (χ0v) is 18.1. The molecule has 0 fully saturated rings. The average Bonchev–Trinajstić information content (AvgIpc) is 2.65. The number of allylic oxidation sites excluding steroid dienone is 2. The minimum Gasteiger partial charge on any atom is -0.494 e. The highest BCUT2D eigenvalue weighted by atomic mass is 16.7. The van der Waals surface area contributed by atoms with Crippen LogP contribution in [-0.4, -0.2) is 45.4 Å². The van der Waals surface area contributed by atoms with Crippen molar-refractivity contribution in [2.75, 3.05) is 39.6 Å². The van der Waals surface area contributed by atoms with Crippen LogP contribution in [0.4, 0.5) is 0 Å². The van der Waals surface area contributed by atoms with Crippen molar-refractivity contribution in [2.45, 2.75) is 53.8 Å². The molecule has 0 aromatic rings. The lowest BCUT2D eigenvalue weighted by atomic mass is 9.84. The van der Waals surface area contributed by atoms with Gasteiger partial charge < -0.3 is 28.4 Å². The predicted molar refractivity (Wildman–Crippen MR) is 107 cm³/mol. The monoisotopic (exact) mass is 394 g/mol. The number of hydrogen-bond acceptors (Lipinski definition) is 6. The molecule has 0 saturated heterocycles. The summed E-state index contributed by atoms with van der Waals surface area (Å²) < 4.78 is 36.1. The zero-order chi connectivity index (χ0) is 20.6. The molecule has 2 aliphatic carbocycles. The third-order valence-electron chi connectivity index (χ3n) is 4.28. The molecule has 6 nitrogen and oxygen atoms in total. The molecule has 0 aliphatic heterocycles. The number of hydrogen-bond donors (Lipinski definition) is 0. The lowest BCUT2D eigenvalue weighted by molar-refractivity contribution is -0.176. The summed E-state index contributed by atoms with van der Waals surface area (Å²) >= 11 is 0. The Labute approximate surface area is 168 Å². The third kappa shape index (κ3) is 4.55. The van der Waals surface area contributed by atoms with E-state index in [1.807, 2.05) is 53.7 Å². The molecule has 0 aromatic carbocycles. The first-order chi connectivity index (χ1) is 13.6. The molecule has 2 rings (SSSR count). The van der Waals surface area contributed by atoms with Gasteiger partial charge >= 0.3 is 0 Å². The van der Waals surface area contributed by atoms with Gasteiger partial charge in [-0.3, -0.25) is 0 Å². The minimum absolute atomic E-state index is 0.470. The second-order valence-electron chi connectivity index (χ2n) is 6.12. The van der Waals surface area contributed by atoms with Gasteiger partial charge in [0.05, 0.1) is 32.0 Å². The summed E-state index contributed by atoms with van der Waals surface area (Å²) in [6.07, 6.45) is 4.45. The Hall–Kier alpha value is -1.92. The van der Waals surface area contributed by atoms with Gasteiger partial charge in [-0.15, -0.1) is 0 Å². The van der Waals surface area contributed by atoms with Crippen LogP contribution in [0.25, 0.3) is 0 Å². The largest absolute Gasteiger partial charge is 0.494 e. The maximum Gasteiger partial charge on any atom is 0.223 e. The molecular formula is C22H34O6. The standard InChI is InChI=1S/C22H34O6/c1-7-23-17-13-16-14-18(24-8-2)20(25-9-3)21(26-10-4)19(16)22(15-17,27-11-5)28-12-6/h13,15H,7-12,14H2,1-6H3. The normalized spacial score (nSPS) is 18.4. The quantitative estimate of drug-likeness (QED) is 0.451. The van der Waals surface area contributed by atoms with E-state index in [0.29, 0.717) is 57.6 Å². The summed E-state index contributed by atoms with van der Waals surface area (Å²) in [6.45, 7) is 14.7. The van der Waals surface area contributed by atoms with Crippen molar-refractivity contribution >= 4 is 0 Å². The molecule has 0 spiro atoms. The maximum absolute atomic E-state index is 6.18. The van der Waals surface area contributed by atoms with Crippen LogP contribution in [0, 0.1) is 0 Å². The zero-order valence-electron chi connectivity index (χ0n) is 18.1. The molecule has 0 amide bonds. The first-order valence-corrected chi connectivity index (χ1v) is 10.3. The Morgan fingerprint density at radius 3 is 1.82 bits per heavy atom. The molecule has 0 unspecified atom stereocenters. The summed E-state index contributed by atoms with van der Waals surface area (Å²) in [4.78, 5) is 0. The molecule has 6 heteroatoms. The smallest absolute Gasteiger partial charge is 0.223 e. The fraction of sp³-hybridized carbons (Fsp3) is 0.636. The molecule has 0 N–H and O–H groups in total. The van der Waals surface area contributed by atoms with Crippen LogP contribution in [-0.2, 0) is 28.4 Å². The van der Waals surface area contributed by atoms with Crippen molar-refractivity contribution in [1.29, 1.82) is 0 Å². The summed E-state index contributed by atoms with van der Waals surface area (Å²) in [7, 11) is 0. The van der Waals surface area contributed by atoms with Crippen LogP contribution in [0.1, 0.15) is 48.0 Å². The maximum atomic E-state index is 6.18. The highest BCUT2D eigenvalue weighted by Crippen LogP contribution is 2.47. The van der Waals surface area contributed by atoms with Gasteiger partial charge in [0.2, 0.25) is 5.79 Å². The van der Waals surface area contributed by atoms with E-state index < -0.39 is 5.79 Å². The second-order valence-corrected chi connectivity index (χ2v) is 6.12. The fourth-order valence-electron chi connectivity index (χ4n) is 3.52. The number of rotatable bonds is 12. The Kier molecular flexibility index (Phi) is 8.45. The third-order valence-corrected chi connectivity index (χ3v) is 4.28. The van der Waals surface area contributed by atoms with E-state index in [2.05, 4.69) is 0 Å². The van der Waals surface area contributed by atoms with Crippen LogP contribution >= 0.6 is 0 Å². The summed E-state index contributed by atoms with van der Waals surface area (Å²) in [5, 5.41) is 0. The molecule has 0 atom stereocenters. The van der Waals surface area contributed by atoms with Gasteiger partial charge in [-0.2, -0.15) is 0 Å². The van der Waals surface area contributed by atoms with Gasteiger partial charge in [-0.25, -0.2) is 0 Å². The van der Waals surface area contributed by atoms with Crippen molar-refractivity contribution in [1.82, 2.24) is 0 Å². The lowest BCUT2D eigenvalue weighted by Gasteiger charge is -2.40. The second kappa shape index (κ2) is 10.6. The molecule has 28 heavy (non-hydrogen) atoms. The van der Waals surface area contributed by atoms with Gasteiger partial charge in [0.1, 0.15) is 11.5 Å². The van der Waals surface area contributed by atoms with Crippen LogP contribution in [0.2, 0.25) is 0 Å². The molecule has 2 aliphatic rings. The summed E-state index contributed by atoms with van der Waals surface area (Å²) in [5.41, 5.74) is 1.82. The first-order valence-electron chi connectivity index (χ1n) is 10.3. The van der Waals surface area contributed by atoms with Crippen molar-refractivity contribution < 1.29 is 28.4 Å². The molecule has 158 valence electrons. The molecule has 0 heterocycles. The van der Waals surface area contributed by atoms with E-state index in [1.54, 1.807) is 0 Å². The molecule has 0 radical (unpaired) electrons. The highest BCUT2D eigenvalue weighted by molar-refractivity contribution is 5.57. The van der Waals surface area contributed by atoms with Crippen molar-refractivity contribution in [2.24, 2.45) is 0 Å².